The average molecular weight is 324 g/mol. The molecule has 1 amide bonds. The van der Waals surface area contributed by atoms with Crippen LogP contribution >= 0.6 is 0 Å². The van der Waals surface area contributed by atoms with Gasteiger partial charge in [0.25, 0.3) is 11.7 Å². The summed E-state index contributed by atoms with van der Waals surface area (Å²) in [6.45, 7) is 1.54. The van der Waals surface area contributed by atoms with Crippen LogP contribution in [0, 0.1) is 0 Å². The van der Waals surface area contributed by atoms with E-state index in [1.807, 2.05) is 30.3 Å². The Labute approximate surface area is 141 Å². The number of ketones is 1. The largest absolute Gasteiger partial charge is 0.376 e. The molecule has 1 unspecified atom stereocenters. The van der Waals surface area contributed by atoms with Crippen molar-refractivity contribution in [3.8, 4) is 0 Å². The molecule has 0 saturated carbocycles. The maximum Gasteiger partial charge on any atom is 0.295 e. The predicted molar refractivity (Wildman–Crippen MR) is 89.4 cm³/mol. The molecule has 0 N–H and O–H groups in total. The van der Waals surface area contributed by atoms with Crippen LogP contribution in [0.15, 0.2) is 54.9 Å². The number of carbonyl (C=O) groups excluding carboxylic acids is 2. The summed E-state index contributed by atoms with van der Waals surface area (Å²) in [5.41, 5.74) is 1.30. The number of Topliss-reactive ketones (excluding diaryl/α,β-unsaturated/α-hetero) is 1. The van der Waals surface area contributed by atoms with E-state index in [1.165, 1.54) is 6.20 Å². The predicted octanol–water partition coefficient (Wildman–Crippen LogP) is 2.47. The molecule has 1 fully saturated rings. The average Bonchev–Trinajstić information content (AvgIpc) is 3.15. The van der Waals surface area contributed by atoms with Crippen LogP contribution in [-0.2, 0) is 16.1 Å². The topological polar surface area (TPSA) is 59.5 Å². The van der Waals surface area contributed by atoms with Crippen molar-refractivity contribution in [1.29, 1.82) is 0 Å². The number of carbonyl (C=O) groups is 2. The molecule has 1 aliphatic heterocycles. The number of amides is 1. The zero-order valence-electron chi connectivity index (χ0n) is 13.4. The highest BCUT2D eigenvalue weighted by Crippen LogP contribution is 2.16. The molecule has 0 aliphatic carbocycles. The minimum atomic E-state index is -0.531. The van der Waals surface area contributed by atoms with Gasteiger partial charge in [0.05, 0.1) is 6.10 Å². The fourth-order valence-corrected chi connectivity index (χ4v) is 2.82. The first-order chi connectivity index (χ1) is 11.7. The number of rotatable bonds is 6. The molecule has 1 saturated heterocycles. The smallest absolute Gasteiger partial charge is 0.295 e. The van der Waals surface area contributed by atoms with E-state index in [0.717, 1.165) is 18.4 Å². The molecule has 3 rings (SSSR count). The number of benzene rings is 1. The van der Waals surface area contributed by atoms with Crippen LogP contribution in [-0.4, -0.2) is 40.8 Å². The summed E-state index contributed by atoms with van der Waals surface area (Å²) in [6.07, 6.45) is 4.91. The Morgan fingerprint density at radius 3 is 2.67 bits per heavy atom. The summed E-state index contributed by atoms with van der Waals surface area (Å²) in [5, 5.41) is 0. The van der Waals surface area contributed by atoms with Crippen molar-refractivity contribution in [3.05, 3.63) is 66.0 Å². The fourth-order valence-electron chi connectivity index (χ4n) is 2.82. The van der Waals surface area contributed by atoms with Gasteiger partial charge < -0.3 is 9.64 Å². The summed E-state index contributed by atoms with van der Waals surface area (Å²) in [5.74, 6) is -1.04. The van der Waals surface area contributed by atoms with Crippen LogP contribution in [0.5, 0.6) is 0 Å². The van der Waals surface area contributed by atoms with Gasteiger partial charge in [-0.25, -0.2) is 0 Å². The molecule has 24 heavy (non-hydrogen) atoms. The van der Waals surface area contributed by atoms with Crippen molar-refractivity contribution in [2.45, 2.75) is 25.5 Å². The SMILES string of the molecule is O=C(C(=O)N(Cc1ccccc1)CC1CCCO1)c1cccnc1. The molecular formula is C19H20N2O3. The molecule has 2 heterocycles. The van der Waals surface area contributed by atoms with E-state index in [-0.39, 0.29) is 6.10 Å². The van der Waals surface area contributed by atoms with Gasteiger partial charge in [0.1, 0.15) is 0 Å². The zero-order chi connectivity index (χ0) is 16.8. The van der Waals surface area contributed by atoms with Gasteiger partial charge >= 0.3 is 0 Å². The third-order valence-electron chi connectivity index (χ3n) is 4.07. The summed E-state index contributed by atoms with van der Waals surface area (Å²) in [7, 11) is 0. The summed E-state index contributed by atoms with van der Waals surface area (Å²) in [4.78, 5) is 30.7. The van der Waals surface area contributed by atoms with Crippen molar-refractivity contribution in [2.75, 3.05) is 13.2 Å². The molecule has 0 bridgehead atoms. The summed E-state index contributed by atoms with van der Waals surface area (Å²) < 4.78 is 5.64. The molecule has 0 radical (unpaired) electrons. The van der Waals surface area contributed by atoms with E-state index in [0.29, 0.717) is 25.3 Å². The summed E-state index contributed by atoms with van der Waals surface area (Å²) >= 11 is 0. The van der Waals surface area contributed by atoms with Crippen molar-refractivity contribution in [2.24, 2.45) is 0 Å². The summed E-state index contributed by atoms with van der Waals surface area (Å²) in [6, 6.07) is 12.9. The lowest BCUT2D eigenvalue weighted by molar-refractivity contribution is -0.128. The first-order valence-corrected chi connectivity index (χ1v) is 8.13. The van der Waals surface area contributed by atoms with E-state index in [1.54, 1.807) is 23.2 Å². The van der Waals surface area contributed by atoms with Crippen LogP contribution < -0.4 is 0 Å². The van der Waals surface area contributed by atoms with Crippen LogP contribution in [0.4, 0.5) is 0 Å². The molecule has 1 atom stereocenters. The maximum atomic E-state index is 12.7. The van der Waals surface area contributed by atoms with Gasteiger partial charge in [0, 0.05) is 37.7 Å². The maximum absolute atomic E-state index is 12.7. The number of aromatic nitrogens is 1. The zero-order valence-corrected chi connectivity index (χ0v) is 13.4. The van der Waals surface area contributed by atoms with Gasteiger partial charge in [-0.2, -0.15) is 0 Å². The third kappa shape index (κ3) is 4.06. The third-order valence-corrected chi connectivity index (χ3v) is 4.07. The number of hydrogen-bond acceptors (Lipinski definition) is 4. The molecule has 124 valence electrons. The van der Waals surface area contributed by atoms with Crippen LogP contribution in [0.2, 0.25) is 0 Å². The lowest BCUT2D eigenvalue weighted by atomic mass is 10.1. The normalized spacial score (nSPS) is 16.8. The van der Waals surface area contributed by atoms with E-state index >= 15 is 0 Å². The van der Waals surface area contributed by atoms with E-state index < -0.39 is 11.7 Å². The highest BCUT2D eigenvalue weighted by molar-refractivity contribution is 6.42. The van der Waals surface area contributed by atoms with Crippen molar-refractivity contribution in [3.63, 3.8) is 0 Å². The van der Waals surface area contributed by atoms with Crippen molar-refractivity contribution in [1.82, 2.24) is 9.88 Å². The molecule has 0 spiro atoms. The van der Waals surface area contributed by atoms with Crippen LogP contribution in [0.25, 0.3) is 0 Å². The number of ether oxygens (including phenoxy) is 1. The van der Waals surface area contributed by atoms with Gasteiger partial charge in [-0.15, -0.1) is 0 Å². The number of hydrogen-bond donors (Lipinski definition) is 0. The molecule has 5 nitrogen and oxygen atoms in total. The molecular weight excluding hydrogens is 304 g/mol. The first-order valence-electron chi connectivity index (χ1n) is 8.13. The number of nitrogens with zero attached hydrogens (tertiary/aromatic N) is 2. The molecule has 1 aromatic heterocycles. The minimum Gasteiger partial charge on any atom is -0.376 e. The van der Waals surface area contributed by atoms with Gasteiger partial charge in [-0.1, -0.05) is 30.3 Å². The second-order valence-electron chi connectivity index (χ2n) is 5.88. The Morgan fingerprint density at radius 1 is 1.17 bits per heavy atom. The van der Waals surface area contributed by atoms with Gasteiger partial charge in [0.2, 0.25) is 0 Å². The lowest BCUT2D eigenvalue weighted by Crippen LogP contribution is -2.40. The molecule has 5 heteroatoms. The molecule has 1 aromatic carbocycles. The van der Waals surface area contributed by atoms with E-state index in [9.17, 15) is 9.59 Å². The Hall–Kier alpha value is -2.53. The van der Waals surface area contributed by atoms with Gasteiger partial charge in [0.15, 0.2) is 0 Å². The van der Waals surface area contributed by atoms with Gasteiger partial charge in [-0.3, -0.25) is 14.6 Å². The van der Waals surface area contributed by atoms with Crippen LogP contribution in [0.1, 0.15) is 28.8 Å². The van der Waals surface area contributed by atoms with E-state index in [2.05, 4.69) is 4.98 Å². The lowest BCUT2D eigenvalue weighted by Gasteiger charge is -2.25. The van der Waals surface area contributed by atoms with E-state index in [4.69, 9.17) is 4.74 Å². The Kier molecular flexibility index (Phi) is 5.33. The number of pyridine rings is 1. The molecule has 1 aliphatic rings. The second-order valence-corrected chi connectivity index (χ2v) is 5.88. The highest BCUT2D eigenvalue weighted by atomic mass is 16.5. The van der Waals surface area contributed by atoms with Crippen LogP contribution in [0.3, 0.4) is 0 Å². The monoisotopic (exact) mass is 324 g/mol. The quantitative estimate of drug-likeness (QED) is 0.605. The van der Waals surface area contributed by atoms with Gasteiger partial charge in [-0.05, 0) is 30.5 Å². The highest BCUT2D eigenvalue weighted by Gasteiger charge is 2.27. The first kappa shape index (κ1) is 16.3. The Balaban J connectivity index is 1.77. The molecule has 2 aromatic rings. The second kappa shape index (κ2) is 7.84. The van der Waals surface area contributed by atoms with Crippen molar-refractivity contribution >= 4 is 11.7 Å². The standard InChI is InChI=1S/C19H20N2O3/c22-18(16-8-4-10-20-12-16)19(23)21(14-17-9-5-11-24-17)13-15-6-2-1-3-7-15/h1-4,6-8,10,12,17H,5,9,11,13-14H2. The minimum absolute atomic E-state index is 0.000592. The fraction of sp³-hybridized carbons (Fsp3) is 0.316. The Morgan fingerprint density at radius 2 is 2.00 bits per heavy atom. The Bertz CT molecular complexity index is 682. The van der Waals surface area contributed by atoms with Crippen molar-refractivity contribution < 1.29 is 14.3 Å².